The SMILES string of the molecule is Cc1nc2c3ccccc3n(S(=O)(=O)c3ccccc3)c2nc1C. The van der Waals surface area contributed by atoms with Gasteiger partial charge in [0, 0.05) is 5.39 Å². The Balaban J connectivity index is 2.20. The molecule has 0 N–H and O–H groups in total. The van der Waals surface area contributed by atoms with Gasteiger partial charge in [0.25, 0.3) is 10.0 Å². The van der Waals surface area contributed by atoms with E-state index in [1.54, 1.807) is 36.4 Å². The number of para-hydroxylation sites is 1. The fraction of sp³-hybridized carbons (Fsp3) is 0.111. The number of rotatable bonds is 2. The molecule has 2 aromatic carbocycles. The van der Waals surface area contributed by atoms with Crippen molar-refractivity contribution in [2.45, 2.75) is 18.7 Å². The van der Waals surface area contributed by atoms with Crippen molar-refractivity contribution in [3.63, 3.8) is 0 Å². The van der Waals surface area contributed by atoms with Crippen LogP contribution < -0.4 is 0 Å². The van der Waals surface area contributed by atoms with Crippen molar-refractivity contribution in [2.75, 3.05) is 0 Å². The molecule has 0 bridgehead atoms. The molecule has 0 radical (unpaired) electrons. The number of aromatic nitrogens is 3. The molecular weight excluding hydrogens is 322 g/mol. The van der Waals surface area contributed by atoms with Crippen LogP contribution >= 0.6 is 0 Å². The van der Waals surface area contributed by atoms with E-state index >= 15 is 0 Å². The van der Waals surface area contributed by atoms with Crippen LogP contribution in [0.1, 0.15) is 11.4 Å². The second kappa shape index (κ2) is 5.14. The summed E-state index contributed by atoms with van der Waals surface area (Å²) in [6, 6.07) is 15.7. The fourth-order valence-electron chi connectivity index (χ4n) is 2.82. The van der Waals surface area contributed by atoms with Gasteiger partial charge in [-0.15, -0.1) is 0 Å². The molecule has 0 aliphatic carbocycles. The van der Waals surface area contributed by atoms with E-state index in [1.165, 1.54) is 3.97 Å². The van der Waals surface area contributed by atoms with Crippen molar-refractivity contribution in [1.82, 2.24) is 13.9 Å². The molecular formula is C18H15N3O2S. The number of nitrogens with zero attached hydrogens (tertiary/aromatic N) is 3. The summed E-state index contributed by atoms with van der Waals surface area (Å²) in [4.78, 5) is 9.34. The summed E-state index contributed by atoms with van der Waals surface area (Å²) in [7, 11) is -3.76. The maximum absolute atomic E-state index is 13.2. The van der Waals surface area contributed by atoms with E-state index < -0.39 is 10.0 Å². The van der Waals surface area contributed by atoms with E-state index in [0.717, 1.165) is 16.8 Å². The van der Waals surface area contributed by atoms with Crippen LogP contribution in [0.2, 0.25) is 0 Å². The molecule has 2 aromatic heterocycles. The van der Waals surface area contributed by atoms with Crippen molar-refractivity contribution in [3.8, 4) is 0 Å². The molecule has 0 aliphatic rings. The first-order valence-corrected chi connectivity index (χ1v) is 8.99. The maximum Gasteiger partial charge on any atom is 0.269 e. The van der Waals surface area contributed by atoms with Gasteiger partial charge < -0.3 is 0 Å². The zero-order valence-corrected chi connectivity index (χ0v) is 14.1. The van der Waals surface area contributed by atoms with E-state index in [-0.39, 0.29) is 4.90 Å². The highest BCUT2D eigenvalue weighted by molar-refractivity contribution is 7.90. The lowest BCUT2D eigenvalue weighted by molar-refractivity contribution is 0.590. The molecule has 5 nitrogen and oxygen atoms in total. The van der Waals surface area contributed by atoms with Gasteiger partial charge in [0.15, 0.2) is 5.65 Å². The average Bonchev–Trinajstić information content (AvgIpc) is 2.90. The third-order valence-electron chi connectivity index (χ3n) is 4.14. The first-order valence-electron chi connectivity index (χ1n) is 7.55. The zero-order valence-electron chi connectivity index (χ0n) is 13.3. The van der Waals surface area contributed by atoms with Gasteiger partial charge in [-0.2, -0.15) is 0 Å². The predicted octanol–water partition coefficient (Wildman–Crippen LogP) is 3.44. The van der Waals surface area contributed by atoms with Crippen LogP contribution in [0, 0.1) is 13.8 Å². The largest absolute Gasteiger partial charge is 0.269 e. The highest BCUT2D eigenvalue weighted by Gasteiger charge is 2.25. The van der Waals surface area contributed by atoms with Crippen LogP contribution in [0.3, 0.4) is 0 Å². The van der Waals surface area contributed by atoms with Crippen LogP contribution in [-0.4, -0.2) is 22.4 Å². The number of hydrogen-bond donors (Lipinski definition) is 0. The molecule has 0 aliphatic heterocycles. The van der Waals surface area contributed by atoms with Crippen molar-refractivity contribution in [3.05, 3.63) is 66.0 Å². The molecule has 0 saturated heterocycles. The van der Waals surface area contributed by atoms with Gasteiger partial charge in [-0.05, 0) is 32.0 Å². The molecule has 4 rings (SSSR count). The number of aryl methyl sites for hydroxylation is 2. The zero-order chi connectivity index (χ0) is 16.9. The van der Waals surface area contributed by atoms with Crippen molar-refractivity contribution in [1.29, 1.82) is 0 Å². The monoisotopic (exact) mass is 337 g/mol. The molecule has 120 valence electrons. The summed E-state index contributed by atoms with van der Waals surface area (Å²) >= 11 is 0. The molecule has 0 spiro atoms. The molecule has 4 aromatic rings. The Hall–Kier alpha value is -2.73. The summed E-state index contributed by atoms with van der Waals surface area (Å²) in [5.74, 6) is 0. The highest BCUT2D eigenvalue weighted by atomic mass is 32.2. The Morgan fingerprint density at radius 1 is 0.833 bits per heavy atom. The van der Waals surface area contributed by atoms with Gasteiger partial charge >= 0.3 is 0 Å². The van der Waals surface area contributed by atoms with E-state index in [9.17, 15) is 8.42 Å². The third-order valence-corrected chi connectivity index (χ3v) is 5.86. The van der Waals surface area contributed by atoms with Gasteiger partial charge in [0.1, 0.15) is 5.52 Å². The van der Waals surface area contributed by atoms with Crippen LogP contribution in [-0.2, 0) is 10.0 Å². The van der Waals surface area contributed by atoms with Crippen LogP contribution in [0.15, 0.2) is 59.5 Å². The normalized spacial score (nSPS) is 12.1. The lowest BCUT2D eigenvalue weighted by Gasteiger charge is -2.09. The van der Waals surface area contributed by atoms with E-state index in [4.69, 9.17) is 0 Å². The first-order chi connectivity index (χ1) is 11.5. The summed E-state index contributed by atoms with van der Waals surface area (Å²) < 4.78 is 27.7. The number of benzene rings is 2. The van der Waals surface area contributed by atoms with Crippen LogP contribution in [0.5, 0.6) is 0 Å². The number of fused-ring (bicyclic) bond motifs is 3. The smallest absolute Gasteiger partial charge is 0.247 e. The highest BCUT2D eigenvalue weighted by Crippen LogP contribution is 2.30. The topological polar surface area (TPSA) is 64.8 Å². The molecule has 0 amide bonds. The minimum Gasteiger partial charge on any atom is -0.247 e. The summed E-state index contributed by atoms with van der Waals surface area (Å²) in [5.41, 5.74) is 3.06. The quantitative estimate of drug-likeness (QED) is 0.562. The predicted molar refractivity (Wildman–Crippen MR) is 93.5 cm³/mol. The Bertz CT molecular complexity index is 1180. The van der Waals surface area contributed by atoms with Crippen LogP contribution in [0.25, 0.3) is 22.1 Å². The van der Waals surface area contributed by atoms with Gasteiger partial charge in [-0.25, -0.2) is 22.4 Å². The second-order valence-corrected chi connectivity index (χ2v) is 7.45. The summed E-state index contributed by atoms with van der Waals surface area (Å²) in [6.07, 6.45) is 0. The molecule has 24 heavy (non-hydrogen) atoms. The molecule has 2 heterocycles. The Morgan fingerprint density at radius 3 is 2.21 bits per heavy atom. The molecule has 6 heteroatoms. The van der Waals surface area contributed by atoms with E-state index in [1.807, 2.05) is 32.0 Å². The third kappa shape index (κ3) is 2.03. The Morgan fingerprint density at radius 2 is 1.46 bits per heavy atom. The molecule has 0 atom stereocenters. The van der Waals surface area contributed by atoms with E-state index in [2.05, 4.69) is 9.97 Å². The molecule has 0 unspecified atom stereocenters. The lowest BCUT2D eigenvalue weighted by atomic mass is 10.2. The standard InChI is InChI=1S/C18H15N3O2S/c1-12-13(2)20-18-17(19-12)15-10-6-7-11-16(15)21(18)24(22,23)14-8-4-3-5-9-14/h3-11H,1-2H3. The maximum atomic E-state index is 13.2. The van der Waals surface area contributed by atoms with E-state index in [0.29, 0.717) is 16.7 Å². The minimum absolute atomic E-state index is 0.229. The average molecular weight is 337 g/mol. The first kappa shape index (κ1) is 14.8. The van der Waals surface area contributed by atoms with Gasteiger partial charge in [0.05, 0.1) is 21.8 Å². The fourth-order valence-corrected chi connectivity index (χ4v) is 4.30. The number of hydrogen-bond acceptors (Lipinski definition) is 4. The van der Waals surface area contributed by atoms with Gasteiger partial charge in [0.2, 0.25) is 0 Å². The van der Waals surface area contributed by atoms with Gasteiger partial charge in [-0.3, -0.25) is 0 Å². The Kier molecular flexibility index (Phi) is 3.18. The van der Waals surface area contributed by atoms with Crippen LogP contribution in [0.4, 0.5) is 0 Å². The van der Waals surface area contributed by atoms with Gasteiger partial charge in [-0.1, -0.05) is 36.4 Å². The Labute approximate surface area is 139 Å². The second-order valence-electron chi connectivity index (χ2n) is 5.67. The van der Waals surface area contributed by atoms with Crippen molar-refractivity contribution >= 4 is 32.1 Å². The molecule has 0 fully saturated rings. The molecule has 0 saturated carbocycles. The van der Waals surface area contributed by atoms with Crippen molar-refractivity contribution in [2.24, 2.45) is 0 Å². The summed E-state index contributed by atoms with van der Waals surface area (Å²) in [6.45, 7) is 3.71. The minimum atomic E-state index is -3.76. The van der Waals surface area contributed by atoms with Crippen molar-refractivity contribution < 1.29 is 8.42 Å². The summed E-state index contributed by atoms with van der Waals surface area (Å²) in [5, 5.41) is 0.780. The lowest BCUT2D eigenvalue weighted by Crippen LogP contribution is -2.13.